The zero-order valence-corrected chi connectivity index (χ0v) is 19.3. The first-order valence-corrected chi connectivity index (χ1v) is 12.1. The van der Waals surface area contributed by atoms with Gasteiger partial charge in [0.25, 0.3) is 5.91 Å². The van der Waals surface area contributed by atoms with E-state index in [2.05, 4.69) is 5.32 Å². The molecular formula is C27H30N2O5. The van der Waals surface area contributed by atoms with E-state index in [1.54, 1.807) is 11.0 Å². The molecular weight excluding hydrogens is 432 g/mol. The normalized spacial score (nSPS) is 16.6. The average molecular weight is 463 g/mol. The van der Waals surface area contributed by atoms with Crippen LogP contribution in [0.25, 0.3) is 11.0 Å². The van der Waals surface area contributed by atoms with Crippen molar-refractivity contribution in [1.29, 1.82) is 0 Å². The van der Waals surface area contributed by atoms with Crippen molar-refractivity contribution in [3.8, 4) is 5.75 Å². The van der Waals surface area contributed by atoms with Crippen molar-refractivity contribution in [3.63, 3.8) is 0 Å². The van der Waals surface area contributed by atoms with Gasteiger partial charge in [0.05, 0.1) is 19.3 Å². The summed E-state index contributed by atoms with van der Waals surface area (Å²) >= 11 is 0. The number of nitrogens with zero attached hydrogens (tertiary/aromatic N) is 1. The fourth-order valence-corrected chi connectivity index (χ4v) is 4.66. The van der Waals surface area contributed by atoms with Crippen LogP contribution in [-0.4, -0.2) is 49.1 Å². The van der Waals surface area contributed by atoms with Crippen molar-refractivity contribution in [2.75, 3.05) is 31.6 Å². The third kappa shape index (κ3) is 5.09. The number of ether oxygens (including phenoxy) is 2. The van der Waals surface area contributed by atoms with Crippen molar-refractivity contribution in [2.24, 2.45) is 0 Å². The van der Waals surface area contributed by atoms with Crippen LogP contribution in [0.1, 0.15) is 48.2 Å². The summed E-state index contributed by atoms with van der Waals surface area (Å²) in [5, 5.41) is 3.68. The molecule has 2 aromatic carbocycles. The molecule has 1 saturated heterocycles. The predicted octanol–water partition coefficient (Wildman–Crippen LogP) is 4.80. The van der Waals surface area contributed by atoms with Gasteiger partial charge in [0.1, 0.15) is 17.0 Å². The van der Waals surface area contributed by atoms with E-state index in [1.807, 2.05) is 42.5 Å². The fraction of sp³-hybridized carbons (Fsp3) is 0.407. The van der Waals surface area contributed by atoms with E-state index in [0.717, 1.165) is 29.5 Å². The number of hydrogen-bond donors (Lipinski definition) is 1. The zero-order valence-electron chi connectivity index (χ0n) is 19.3. The highest BCUT2D eigenvalue weighted by Crippen LogP contribution is 2.32. The lowest BCUT2D eigenvalue weighted by atomic mass is 10.1. The van der Waals surface area contributed by atoms with Gasteiger partial charge in [0.2, 0.25) is 11.7 Å². The Bertz CT molecular complexity index is 1160. The maximum Gasteiger partial charge on any atom is 0.291 e. The SMILES string of the molecule is O=C(CCc1cccc(OC2CCCC2)c1)Nc1c(C(=O)N2CCOCC2)oc2ccccc12. The molecule has 0 unspecified atom stereocenters. The molecule has 0 atom stereocenters. The van der Waals surface area contributed by atoms with Gasteiger partial charge in [-0.1, -0.05) is 24.3 Å². The van der Waals surface area contributed by atoms with Crippen LogP contribution >= 0.6 is 0 Å². The van der Waals surface area contributed by atoms with Crippen LogP contribution in [0.2, 0.25) is 0 Å². The molecule has 3 aromatic rings. The zero-order chi connectivity index (χ0) is 23.3. The second-order valence-corrected chi connectivity index (χ2v) is 8.93. The van der Waals surface area contributed by atoms with Gasteiger partial charge in [-0.15, -0.1) is 0 Å². The van der Waals surface area contributed by atoms with E-state index in [4.69, 9.17) is 13.9 Å². The number of carbonyl (C=O) groups excluding carboxylic acids is 2. The molecule has 7 nitrogen and oxygen atoms in total. The Labute approximate surface area is 199 Å². The Kier molecular flexibility index (Phi) is 6.81. The molecule has 0 bridgehead atoms. The number of hydrogen-bond acceptors (Lipinski definition) is 5. The molecule has 1 saturated carbocycles. The summed E-state index contributed by atoms with van der Waals surface area (Å²) in [4.78, 5) is 27.8. The van der Waals surface area contributed by atoms with E-state index in [0.29, 0.717) is 50.1 Å². The Morgan fingerprint density at radius 1 is 1.03 bits per heavy atom. The minimum absolute atomic E-state index is 0.162. The second-order valence-electron chi connectivity index (χ2n) is 8.93. The van der Waals surface area contributed by atoms with Crippen LogP contribution in [0.4, 0.5) is 5.69 Å². The Morgan fingerprint density at radius 2 is 1.82 bits per heavy atom. The smallest absolute Gasteiger partial charge is 0.291 e. The molecule has 2 aliphatic rings. The lowest BCUT2D eigenvalue weighted by Crippen LogP contribution is -2.40. The summed E-state index contributed by atoms with van der Waals surface area (Å²) in [5.74, 6) is 0.642. The van der Waals surface area contributed by atoms with Crippen molar-refractivity contribution in [3.05, 3.63) is 59.9 Å². The van der Waals surface area contributed by atoms with Gasteiger partial charge in [-0.2, -0.15) is 0 Å². The van der Waals surface area contributed by atoms with Crippen LogP contribution in [0, 0.1) is 0 Å². The summed E-state index contributed by atoms with van der Waals surface area (Å²) in [6.45, 7) is 2.00. The number of nitrogens with one attached hydrogen (secondary N) is 1. The highest BCUT2D eigenvalue weighted by atomic mass is 16.5. The molecule has 178 valence electrons. The monoisotopic (exact) mass is 462 g/mol. The molecule has 5 rings (SSSR count). The summed E-state index contributed by atoms with van der Waals surface area (Å²) < 4.78 is 17.3. The fourth-order valence-electron chi connectivity index (χ4n) is 4.66. The number of furan rings is 1. The second kappa shape index (κ2) is 10.3. The molecule has 2 fully saturated rings. The Balaban J connectivity index is 1.27. The minimum Gasteiger partial charge on any atom is -0.490 e. The number of anilines is 1. The molecule has 1 aliphatic carbocycles. The topological polar surface area (TPSA) is 81.0 Å². The molecule has 0 spiro atoms. The first-order chi connectivity index (χ1) is 16.7. The van der Waals surface area contributed by atoms with E-state index in [9.17, 15) is 9.59 Å². The number of rotatable bonds is 7. The van der Waals surface area contributed by atoms with Crippen molar-refractivity contribution < 1.29 is 23.5 Å². The Hall–Kier alpha value is -3.32. The number of fused-ring (bicyclic) bond motifs is 1. The van der Waals surface area contributed by atoms with Gasteiger partial charge >= 0.3 is 0 Å². The first-order valence-electron chi connectivity index (χ1n) is 12.1. The summed E-state index contributed by atoms with van der Waals surface area (Å²) in [5.41, 5.74) is 2.06. The number of carbonyl (C=O) groups is 2. The van der Waals surface area contributed by atoms with Crippen molar-refractivity contribution >= 4 is 28.5 Å². The van der Waals surface area contributed by atoms with E-state index in [-0.39, 0.29) is 24.0 Å². The number of morpholine rings is 1. The molecule has 1 aliphatic heterocycles. The van der Waals surface area contributed by atoms with Crippen LogP contribution in [-0.2, 0) is 16.0 Å². The van der Waals surface area contributed by atoms with E-state index >= 15 is 0 Å². The van der Waals surface area contributed by atoms with Crippen molar-refractivity contribution in [1.82, 2.24) is 4.90 Å². The number of benzene rings is 2. The van der Waals surface area contributed by atoms with Gasteiger partial charge in [-0.05, 0) is 61.9 Å². The molecule has 1 aromatic heterocycles. The highest BCUT2D eigenvalue weighted by molar-refractivity contribution is 6.10. The van der Waals surface area contributed by atoms with Crippen LogP contribution < -0.4 is 10.1 Å². The standard InChI is InChI=1S/C27H30N2O5/c30-24(13-12-19-6-5-9-21(18-19)33-20-7-1-2-8-20)28-25-22-10-3-4-11-23(22)34-26(25)27(31)29-14-16-32-17-15-29/h3-6,9-11,18,20H,1-2,7-8,12-17H2,(H,28,30). The number of para-hydroxylation sites is 1. The third-order valence-electron chi connectivity index (χ3n) is 6.50. The first kappa shape index (κ1) is 22.5. The minimum atomic E-state index is -0.230. The largest absolute Gasteiger partial charge is 0.490 e. The van der Waals surface area contributed by atoms with Crippen molar-refractivity contribution in [2.45, 2.75) is 44.6 Å². The molecule has 0 radical (unpaired) electrons. The van der Waals surface area contributed by atoms with Crippen LogP contribution in [0.15, 0.2) is 52.9 Å². The lowest BCUT2D eigenvalue weighted by Gasteiger charge is -2.26. The highest BCUT2D eigenvalue weighted by Gasteiger charge is 2.27. The number of amides is 2. The lowest BCUT2D eigenvalue weighted by molar-refractivity contribution is -0.116. The summed E-state index contributed by atoms with van der Waals surface area (Å²) in [6, 6.07) is 15.4. The summed E-state index contributed by atoms with van der Waals surface area (Å²) in [6.07, 6.45) is 5.84. The molecule has 1 N–H and O–H groups in total. The molecule has 2 heterocycles. The maximum absolute atomic E-state index is 13.1. The van der Waals surface area contributed by atoms with Gasteiger partial charge in [-0.25, -0.2) is 0 Å². The van der Waals surface area contributed by atoms with Crippen LogP contribution in [0.5, 0.6) is 5.75 Å². The number of aryl methyl sites for hydroxylation is 1. The Morgan fingerprint density at radius 3 is 2.65 bits per heavy atom. The van der Waals surface area contributed by atoms with E-state index in [1.165, 1.54) is 12.8 Å². The summed E-state index contributed by atoms with van der Waals surface area (Å²) in [7, 11) is 0. The van der Waals surface area contributed by atoms with Gasteiger partial charge in [0.15, 0.2) is 0 Å². The molecule has 7 heteroatoms. The average Bonchev–Trinajstić information content (AvgIpc) is 3.51. The van der Waals surface area contributed by atoms with E-state index < -0.39 is 0 Å². The predicted molar refractivity (Wildman–Crippen MR) is 129 cm³/mol. The maximum atomic E-state index is 13.1. The van der Waals surface area contributed by atoms with Crippen LogP contribution in [0.3, 0.4) is 0 Å². The molecule has 34 heavy (non-hydrogen) atoms. The third-order valence-corrected chi connectivity index (χ3v) is 6.50. The molecule has 2 amide bonds. The van der Waals surface area contributed by atoms with Gasteiger partial charge < -0.3 is 24.1 Å². The van der Waals surface area contributed by atoms with Gasteiger partial charge in [0, 0.05) is 24.9 Å². The van der Waals surface area contributed by atoms with Gasteiger partial charge in [-0.3, -0.25) is 9.59 Å². The quantitative estimate of drug-likeness (QED) is 0.546.